The van der Waals surface area contributed by atoms with Gasteiger partial charge in [0.1, 0.15) is 23.0 Å². The minimum atomic E-state index is -1.49. The topological polar surface area (TPSA) is 76.0 Å². The van der Waals surface area contributed by atoms with E-state index in [9.17, 15) is 15.0 Å². The molecule has 2 aromatic carbocycles. The number of benzene rings is 2. The Balaban J connectivity index is 1.96. The Morgan fingerprint density at radius 1 is 1.19 bits per heavy atom. The van der Waals surface area contributed by atoms with E-state index in [-0.39, 0.29) is 43.6 Å². The summed E-state index contributed by atoms with van der Waals surface area (Å²) >= 11 is 25.9. The lowest BCUT2D eigenvalue weighted by molar-refractivity contribution is 0.0194. The first-order chi connectivity index (χ1) is 14.7. The van der Waals surface area contributed by atoms with Crippen molar-refractivity contribution in [1.29, 1.82) is 0 Å². The molecule has 3 aliphatic rings. The fourth-order valence-electron chi connectivity index (χ4n) is 4.25. The fourth-order valence-corrected chi connectivity index (χ4v) is 5.46. The Labute approximate surface area is 196 Å². The number of esters is 1. The summed E-state index contributed by atoms with van der Waals surface area (Å²) in [6, 6.07) is 4.42. The third kappa shape index (κ3) is 2.61. The summed E-state index contributed by atoms with van der Waals surface area (Å²) in [5.74, 6) is -0.419. The minimum absolute atomic E-state index is 0.00824. The Bertz CT molecular complexity index is 1290. The van der Waals surface area contributed by atoms with E-state index >= 15 is 0 Å². The summed E-state index contributed by atoms with van der Waals surface area (Å²) in [6.45, 7) is 1.65. The van der Waals surface area contributed by atoms with Crippen LogP contribution in [0.15, 0.2) is 53.5 Å². The maximum Gasteiger partial charge on any atom is 0.341 e. The summed E-state index contributed by atoms with van der Waals surface area (Å²) in [6.07, 6.45) is 4.48. The van der Waals surface area contributed by atoms with E-state index < -0.39 is 16.9 Å². The average molecular weight is 498 g/mol. The number of carbonyl (C=O) groups is 1. The second-order valence-corrected chi connectivity index (χ2v) is 8.77. The Morgan fingerprint density at radius 2 is 1.94 bits per heavy atom. The molecule has 2 aromatic rings. The molecule has 1 spiro atoms. The summed E-state index contributed by atoms with van der Waals surface area (Å²) in [5, 5.41) is 19.5. The zero-order valence-corrected chi connectivity index (χ0v) is 18.7. The number of alkyl halides is 1. The van der Waals surface area contributed by atoms with Crippen molar-refractivity contribution >= 4 is 52.4 Å². The SMILES string of the molecule is C/C=C(O)\C=C1\Oc2cc(O)ccc2C23OC(=O)c4c(Cl)c(Cl)c(Cl)c(c42)C(Cl)C=C13. The van der Waals surface area contributed by atoms with Crippen LogP contribution in [0.25, 0.3) is 0 Å². The largest absolute Gasteiger partial charge is 0.508 e. The first-order valence-electron chi connectivity index (χ1n) is 9.10. The molecule has 0 saturated heterocycles. The van der Waals surface area contributed by atoms with Crippen LogP contribution in [-0.2, 0) is 10.3 Å². The molecule has 0 bridgehead atoms. The van der Waals surface area contributed by atoms with Gasteiger partial charge in [-0.1, -0.05) is 40.9 Å². The number of hydrogen-bond acceptors (Lipinski definition) is 5. The van der Waals surface area contributed by atoms with Crippen LogP contribution in [0.3, 0.4) is 0 Å². The fraction of sp³-hybridized carbons (Fsp3) is 0.136. The Morgan fingerprint density at radius 3 is 2.65 bits per heavy atom. The molecule has 2 atom stereocenters. The van der Waals surface area contributed by atoms with Crippen molar-refractivity contribution in [1.82, 2.24) is 0 Å². The molecule has 5 rings (SSSR count). The van der Waals surface area contributed by atoms with Crippen LogP contribution in [0.5, 0.6) is 11.5 Å². The van der Waals surface area contributed by atoms with Gasteiger partial charge in [0.05, 0.1) is 26.0 Å². The molecule has 2 aliphatic heterocycles. The van der Waals surface area contributed by atoms with Crippen LogP contribution in [0.4, 0.5) is 0 Å². The van der Waals surface area contributed by atoms with Gasteiger partial charge in [-0.25, -0.2) is 4.79 Å². The monoisotopic (exact) mass is 496 g/mol. The van der Waals surface area contributed by atoms with Crippen LogP contribution in [0.2, 0.25) is 15.1 Å². The minimum Gasteiger partial charge on any atom is -0.508 e. The number of hydrogen-bond donors (Lipinski definition) is 2. The number of phenols is 1. The zero-order chi connectivity index (χ0) is 22.2. The molecule has 31 heavy (non-hydrogen) atoms. The van der Waals surface area contributed by atoms with Crippen molar-refractivity contribution in [2.45, 2.75) is 17.9 Å². The van der Waals surface area contributed by atoms with E-state index in [2.05, 4.69) is 0 Å². The first kappa shape index (κ1) is 20.6. The highest BCUT2D eigenvalue weighted by atomic mass is 35.5. The number of halogens is 4. The molecule has 0 radical (unpaired) electrons. The van der Waals surface area contributed by atoms with Gasteiger partial charge in [0.25, 0.3) is 0 Å². The third-order valence-electron chi connectivity index (χ3n) is 5.54. The van der Waals surface area contributed by atoms with Crippen LogP contribution in [-0.4, -0.2) is 16.2 Å². The van der Waals surface area contributed by atoms with Crippen molar-refractivity contribution in [2.24, 2.45) is 0 Å². The number of ether oxygens (including phenoxy) is 2. The van der Waals surface area contributed by atoms with Crippen LogP contribution >= 0.6 is 46.4 Å². The molecule has 0 saturated carbocycles. The number of rotatable bonds is 1. The summed E-state index contributed by atoms with van der Waals surface area (Å²) in [7, 11) is 0. The summed E-state index contributed by atoms with van der Waals surface area (Å²) in [5.41, 5.74) is 0.186. The highest BCUT2D eigenvalue weighted by molar-refractivity contribution is 6.50. The van der Waals surface area contributed by atoms with E-state index in [0.717, 1.165) is 0 Å². The maximum atomic E-state index is 13.1. The van der Waals surface area contributed by atoms with Gasteiger partial charge in [-0.15, -0.1) is 11.6 Å². The molecule has 9 heteroatoms. The lowest BCUT2D eigenvalue weighted by atomic mass is 9.71. The molecular weight excluding hydrogens is 486 g/mol. The first-order valence-corrected chi connectivity index (χ1v) is 10.7. The van der Waals surface area contributed by atoms with Gasteiger partial charge in [-0.2, -0.15) is 0 Å². The standard InChI is InChI=1S/C22H12Cl4O5/c1-2-8(27)5-14-11-7-12(23)15-17-16(19(25)20(26)18(15)24)21(29)31-22(11,17)10-4-3-9(28)6-13(10)30-14/h2-7,12,27-28H,1H3/b8-2+,14-5+. The van der Waals surface area contributed by atoms with Gasteiger partial charge in [-0.05, 0) is 25.1 Å². The van der Waals surface area contributed by atoms with E-state index in [1.54, 1.807) is 19.1 Å². The Hall–Kier alpha value is -2.31. The van der Waals surface area contributed by atoms with Gasteiger partial charge >= 0.3 is 5.97 Å². The van der Waals surface area contributed by atoms with Gasteiger partial charge in [0.2, 0.25) is 0 Å². The molecule has 2 N–H and O–H groups in total. The number of carbonyl (C=O) groups excluding carboxylic acids is 1. The predicted octanol–water partition coefficient (Wildman–Crippen LogP) is 6.72. The zero-order valence-electron chi connectivity index (χ0n) is 15.7. The number of aliphatic hydroxyl groups is 1. The second kappa shape index (κ2) is 6.84. The van der Waals surface area contributed by atoms with Crippen LogP contribution in [0, 0.1) is 0 Å². The lowest BCUT2D eigenvalue weighted by Gasteiger charge is -2.42. The van der Waals surface area contributed by atoms with Crippen molar-refractivity contribution < 1.29 is 24.5 Å². The number of phenolic OH excluding ortho intramolecular Hbond substituents is 1. The van der Waals surface area contributed by atoms with Gasteiger partial charge < -0.3 is 19.7 Å². The number of aliphatic hydroxyl groups excluding tert-OH is 1. The molecule has 5 nitrogen and oxygen atoms in total. The highest BCUT2D eigenvalue weighted by Gasteiger charge is 2.60. The molecule has 2 heterocycles. The summed E-state index contributed by atoms with van der Waals surface area (Å²) in [4.78, 5) is 13.1. The van der Waals surface area contributed by atoms with Crippen molar-refractivity contribution in [2.75, 3.05) is 0 Å². The van der Waals surface area contributed by atoms with Crippen molar-refractivity contribution in [3.05, 3.63) is 90.8 Å². The second-order valence-electron chi connectivity index (χ2n) is 7.16. The molecule has 0 amide bonds. The lowest BCUT2D eigenvalue weighted by Crippen LogP contribution is -2.39. The normalized spacial score (nSPS) is 24.7. The molecular formula is C22H12Cl4O5. The molecule has 158 valence electrons. The Kier molecular flexibility index (Phi) is 4.54. The number of aromatic hydroxyl groups is 1. The predicted molar refractivity (Wildman–Crippen MR) is 118 cm³/mol. The van der Waals surface area contributed by atoms with Gasteiger partial charge in [0, 0.05) is 34.4 Å². The molecule has 0 aromatic heterocycles. The smallest absolute Gasteiger partial charge is 0.341 e. The van der Waals surface area contributed by atoms with E-state index in [1.807, 2.05) is 0 Å². The number of allylic oxidation sites excluding steroid dienone is 3. The van der Waals surface area contributed by atoms with Crippen LogP contribution in [0.1, 0.15) is 39.3 Å². The molecule has 0 fully saturated rings. The van der Waals surface area contributed by atoms with E-state index in [1.165, 1.54) is 24.3 Å². The molecule has 1 aliphatic carbocycles. The van der Waals surface area contributed by atoms with Gasteiger partial charge in [-0.3, -0.25) is 0 Å². The number of fused-ring (bicyclic) bond motifs is 1. The molecule has 2 unspecified atom stereocenters. The van der Waals surface area contributed by atoms with Crippen molar-refractivity contribution in [3.63, 3.8) is 0 Å². The van der Waals surface area contributed by atoms with E-state index in [0.29, 0.717) is 22.3 Å². The van der Waals surface area contributed by atoms with Crippen LogP contribution < -0.4 is 4.74 Å². The third-order valence-corrected chi connectivity index (χ3v) is 7.22. The maximum absolute atomic E-state index is 13.1. The summed E-state index contributed by atoms with van der Waals surface area (Å²) < 4.78 is 12.0. The highest BCUT2D eigenvalue weighted by Crippen LogP contribution is 2.63. The van der Waals surface area contributed by atoms with E-state index in [4.69, 9.17) is 55.9 Å². The van der Waals surface area contributed by atoms with Gasteiger partial charge in [0.15, 0.2) is 5.60 Å². The average Bonchev–Trinajstić information content (AvgIpc) is 3.03. The van der Waals surface area contributed by atoms with Crippen molar-refractivity contribution in [3.8, 4) is 11.5 Å². The quantitative estimate of drug-likeness (QED) is 0.198.